The predicted molar refractivity (Wildman–Crippen MR) is 32.9 cm³/mol. The van der Waals surface area contributed by atoms with E-state index in [4.69, 9.17) is 5.53 Å². The monoisotopic (exact) mass is 295 g/mol. The number of halogens is 6. The molecule has 16 heavy (non-hydrogen) atoms. The zero-order valence-electron chi connectivity index (χ0n) is 6.66. The molecule has 0 aliphatic carbocycles. The molecule has 0 rings (SSSR count). The first kappa shape index (κ1) is 15.1. The van der Waals surface area contributed by atoms with E-state index in [0.29, 0.717) is 0 Å². The number of nitrogens with one attached hydrogen (secondary N) is 1. The van der Waals surface area contributed by atoms with Crippen molar-refractivity contribution < 1.29 is 46.7 Å². The van der Waals surface area contributed by atoms with Crippen molar-refractivity contribution in [2.75, 3.05) is 0 Å². The lowest BCUT2D eigenvalue weighted by atomic mass is 11.6. The molecule has 0 aromatic heterocycles. The maximum Gasteiger partial charge on any atom is 0.564 e. The van der Waals surface area contributed by atoms with E-state index >= 15 is 0 Å². The zero-order chi connectivity index (χ0) is 13.6. The van der Waals surface area contributed by atoms with Gasteiger partial charge in [0.2, 0.25) is 0 Å². The van der Waals surface area contributed by atoms with E-state index in [1.807, 2.05) is 0 Å². The summed E-state index contributed by atoms with van der Waals surface area (Å²) in [5.41, 5.74) is -6.75. The van der Waals surface area contributed by atoms with Gasteiger partial charge >= 0.3 is 31.1 Å². The highest BCUT2D eigenvalue weighted by Gasteiger charge is 2.68. The van der Waals surface area contributed by atoms with E-state index < -0.39 is 34.6 Å². The van der Waals surface area contributed by atoms with Gasteiger partial charge in [0.1, 0.15) is 3.51 Å². The summed E-state index contributed by atoms with van der Waals surface area (Å²) in [7, 11) is -13.9. The maximum absolute atomic E-state index is 11.6. The molecule has 6 nitrogen and oxygen atoms in total. The molecule has 1 N–H and O–H groups in total. The molecule has 0 fully saturated rings. The highest BCUT2D eigenvalue weighted by atomic mass is 32.3. The van der Waals surface area contributed by atoms with Gasteiger partial charge in [-0.15, -0.1) is 0 Å². The van der Waals surface area contributed by atoms with Gasteiger partial charge in [-0.25, -0.2) is 0 Å². The average Bonchev–Trinajstić information content (AvgIpc) is 1.98. The molecule has 0 amide bonds. The van der Waals surface area contributed by atoms with Crippen LogP contribution in [0.1, 0.15) is 0 Å². The van der Waals surface area contributed by atoms with E-state index in [9.17, 15) is 43.2 Å². The summed E-state index contributed by atoms with van der Waals surface area (Å²) in [5, 5.41) is 0. The van der Waals surface area contributed by atoms with Crippen LogP contribution in [0.3, 0.4) is 0 Å². The van der Waals surface area contributed by atoms with Crippen LogP contribution in [0.5, 0.6) is 0 Å². The van der Waals surface area contributed by atoms with Crippen molar-refractivity contribution in [2.45, 2.75) is 11.0 Å². The second kappa shape index (κ2) is 3.54. The standard InChI is InChI=1S/C2HF6N2O4S2/c3-1(4,5)15(11,12)10(9)16(13,14)2(6,7)8/h9H/q+1. The van der Waals surface area contributed by atoms with Crippen molar-refractivity contribution in [1.82, 2.24) is 0 Å². The van der Waals surface area contributed by atoms with Gasteiger partial charge < -0.3 is 0 Å². The van der Waals surface area contributed by atoms with Gasteiger partial charge in [-0.05, 0) is 5.53 Å². The molecular weight excluding hydrogens is 294 g/mol. The van der Waals surface area contributed by atoms with E-state index in [0.717, 1.165) is 0 Å². The first-order valence-electron chi connectivity index (χ1n) is 2.80. The van der Waals surface area contributed by atoms with Crippen LogP contribution in [0, 0.1) is 5.53 Å². The Bertz CT molecular complexity index is 450. The molecule has 0 bridgehead atoms. The number of rotatable bonds is 2. The first-order chi connectivity index (χ1) is 6.65. The second-order valence-electron chi connectivity index (χ2n) is 2.10. The lowest BCUT2D eigenvalue weighted by Crippen LogP contribution is -2.41. The molecule has 0 spiro atoms. The Morgan fingerprint density at radius 1 is 0.750 bits per heavy atom. The van der Waals surface area contributed by atoms with E-state index in [-0.39, 0.29) is 0 Å². The van der Waals surface area contributed by atoms with Crippen molar-refractivity contribution >= 4 is 20.0 Å². The van der Waals surface area contributed by atoms with Crippen LogP contribution >= 0.6 is 0 Å². The molecular formula is C2HF6N2O4S2+. The fourth-order valence-electron chi connectivity index (χ4n) is 0.317. The lowest BCUT2D eigenvalue weighted by molar-refractivity contribution is -0.327. The summed E-state index contributed by atoms with van der Waals surface area (Å²) in [6, 6.07) is 0. The minimum Gasteiger partial charge on any atom is -0.151 e. The molecule has 0 saturated heterocycles. The highest BCUT2D eigenvalue weighted by Crippen LogP contribution is 2.31. The van der Waals surface area contributed by atoms with Gasteiger partial charge in [0.15, 0.2) is 0 Å². The van der Waals surface area contributed by atoms with Crippen molar-refractivity contribution in [1.29, 1.82) is 5.53 Å². The number of nitrogens with zero attached hydrogens (tertiary/aromatic N) is 1. The fraction of sp³-hybridized carbons (Fsp3) is 1.00. The third-order valence-electron chi connectivity index (χ3n) is 1.02. The summed E-state index contributed by atoms with van der Waals surface area (Å²) in [6.45, 7) is 0. The first-order valence-corrected chi connectivity index (χ1v) is 5.68. The lowest BCUT2D eigenvalue weighted by Gasteiger charge is -2.04. The van der Waals surface area contributed by atoms with E-state index in [2.05, 4.69) is 0 Å². The van der Waals surface area contributed by atoms with Gasteiger partial charge in [0, 0.05) is 0 Å². The summed E-state index contributed by atoms with van der Waals surface area (Å²) in [4.78, 5) is 0. The second-order valence-corrected chi connectivity index (χ2v) is 5.89. The summed E-state index contributed by atoms with van der Waals surface area (Å²) < 4.78 is 108. The SMILES string of the molecule is N=[N+](S(=O)(=O)C(F)(F)F)S(=O)(=O)C(F)(F)F. The third kappa shape index (κ3) is 2.26. The third-order valence-corrected chi connectivity index (χ3v) is 4.24. The summed E-state index contributed by atoms with van der Waals surface area (Å²) in [6.07, 6.45) is 0. The molecule has 0 aliphatic heterocycles. The molecule has 0 aromatic rings. The number of hydrogen-bond acceptors (Lipinski definition) is 5. The highest BCUT2D eigenvalue weighted by molar-refractivity contribution is 7.98. The zero-order valence-corrected chi connectivity index (χ0v) is 8.30. The van der Waals surface area contributed by atoms with Crippen molar-refractivity contribution in [3.8, 4) is 0 Å². The minimum absolute atomic E-state index is 2.51. The Labute approximate surface area is 84.1 Å². The number of sulfonamides is 2. The van der Waals surface area contributed by atoms with Crippen molar-refractivity contribution in [3.05, 3.63) is 0 Å². The molecule has 0 heterocycles. The summed E-state index contributed by atoms with van der Waals surface area (Å²) in [5.74, 6) is 0. The van der Waals surface area contributed by atoms with Gasteiger partial charge in [0.25, 0.3) is 0 Å². The van der Waals surface area contributed by atoms with Crippen LogP contribution in [0.4, 0.5) is 26.3 Å². The molecule has 0 atom stereocenters. The molecule has 14 heteroatoms. The van der Waals surface area contributed by atoms with Gasteiger partial charge in [-0.3, -0.25) is 0 Å². The topological polar surface area (TPSA) is 95.1 Å². The Balaban J connectivity index is 5.81. The minimum atomic E-state index is -6.93. The van der Waals surface area contributed by atoms with Gasteiger partial charge in [0.05, 0.1) is 0 Å². The largest absolute Gasteiger partial charge is 0.564 e. The Kier molecular flexibility index (Phi) is 3.34. The normalized spacial score (nSPS) is 14.9. The molecule has 0 saturated carbocycles. The van der Waals surface area contributed by atoms with Crippen LogP contribution in [0.15, 0.2) is 0 Å². The molecule has 0 radical (unpaired) electrons. The quantitative estimate of drug-likeness (QED) is 0.461. The average molecular weight is 295 g/mol. The maximum atomic E-state index is 11.6. The predicted octanol–water partition coefficient (Wildman–Crippen LogP) is 0.729. The Morgan fingerprint density at radius 3 is 1.06 bits per heavy atom. The molecule has 0 aliphatic rings. The summed E-state index contributed by atoms with van der Waals surface area (Å²) >= 11 is 0. The van der Waals surface area contributed by atoms with E-state index in [1.54, 1.807) is 0 Å². The molecule has 0 unspecified atom stereocenters. The van der Waals surface area contributed by atoms with E-state index in [1.165, 1.54) is 0 Å². The van der Waals surface area contributed by atoms with Crippen molar-refractivity contribution in [2.24, 2.45) is 0 Å². The fourth-order valence-corrected chi connectivity index (χ4v) is 2.23. The van der Waals surface area contributed by atoms with Gasteiger partial charge in [-0.2, -0.15) is 43.2 Å². The van der Waals surface area contributed by atoms with Crippen LogP contribution in [-0.4, -0.2) is 31.4 Å². The van der Waals surface area contributed by atoms with Crippen molar-refractivity contribution in [3.63, 3.8) is 0 Å². The van der Waals surface area contributed by atoms with Gasteiger partial charge in [-0.1, -0.05) is 0 Å². The molecule has 96 valence electrons. The van der Waals surface area contributed by atoms with Crippen LogP contribution in [-0.2, 0) is 20.0 Å². The van der Waals surface area contributed by atoms with Crippen LogP contribution < -0.4 is 0 Å². The molecule has 0 aromatic carbocycles. The smallest absolute Gasteiger partial charge is 0.151 e. The Morgan fingerprint density at radius 2 is 0.938 bits per heavy atom. The van der Waals surface area contributed by atoms with Crippen LogP contribution in [0.2, 0.25) is 0 Å². The Hall–Kier alpha value is -0.920. The number of hydrogen-bond donors (Lipinski definition) is 1. The number of alkyl halides is 6. The van der Waals surface area contributed by atoms with Crippen LogP contribution in [0.25, 0.3) is 0 Å².